The second-order valence-electron chi connectivity index (χ2n) is 6.99. The molecule has 0 saturated heterocycles. The molecule has 0 bridgehead atoms. The molecule has 28 heavy (non-hydrogen) atoms. The molecule has 0 unspecified atom stereocenters. The summed E-state index contributed by atoms with van der Waals surface area (Å²) in [4.78, 5) is 23.5. The third-order valence-electron chi connectivity index (χ3n) is 4.04. The number of hydrogen-bond acceptors (Lipinski definition) is 4. The third-order valence-corrected chi connectivity index (χ3v) is 5.53. The molecule has 0 aromatic heterocycles. The van der Waals surface area contributed by atoms with Gasteiger partial charge in [0, 0.05) is 11.3 Å². The summed E-state index contributed by atoms with van der Waals surface area (Å²) in [5, 5.41) is 11.9. The van der Waals surface area contributed by atoms with Gasteiger partial charge in [0.05, 0.1) is 4.90 Å². The minimum atomic E-state index is -4.00. The molecule has 0 heterocycles. The normalized spacial score (nSPS) is 12.6. The number of anilines is 1. The molecule has 0 fully saturated rings. The molecule has 2 rings (SSSR count). The van der Waals surface area contributed by atoms with Crippen LogP contribution in [-0.4, -0.2) is 31.4 Å². The summed E-state index contributed by atoms with van der Waals surface area (Å²) in [7, 11) is -4.00. The van der Waals surface area contributed by atoms with E-state index in [0.29, 0.717) is 11.3 Å². The van der Waals surface area contributed by atoms with Crippen LogP contribution in [0, 0.1) is 12.8 Å². The predicted octanol–water partition coefficient (Wildman–Crippen LogP) is 3.02. The van der Waals surface area contributed by atoms with Crippen LogP contribution in [-0.2, 0) is 14.8 Å². The number of hydrogen-bond donors (Lipinski definition) is 3. The van der Waals surface area contributed by atoms with Crippen molar-refractivity contribution in [2.45, 2.75) is 38.1 Å². The van der Waals surface area contributed by atoms with Crippen LogP contribution >= 0.6 is 0 Å². The van der Waals surface area contributed by atoms with Gasteiger partial charge in [-0.05, 0) is 55.7 Å². The first-order chi connectivity index (χ1) is 13.1. The molecule has 0 spiro atoms. The van der Waals surface area contributed by atoms with E-state index < -0.39 is 22.0 Å². The maximum atomic E-state index is 12.5. The van der Waals surface area contributed by atoms with Gasteiger partial charge in [0.2, 0.25) is 10.0 Å². The Labute approximate surface area is 164 Å². The lowest BCUT2D eigenvalue weighted by Gasteiger charge is -2.16. The average molecular weight is 404 g/mol. The van der Waals surface area contributed by atoms with Crippen LogP contribution in [0.1, 0.15) is 36.2 Å². The zero-order valence-electron chi connectivity index (χ0n) is 16.0. The van der Waals surface area contributed by atoms with Gasteiger partial charge in [-0.1, -0.05) is 31.5 Å². The number of carboxylic acid groups (broad SMARTS) is 1. The SMILES string of the molecule is Cc1ccc(C(=O)Nc2ccc(S(=O)(=O)N[C@H](CC(C)C)C(=O)O)cc2)cc1. The predicted molar refractivity (Wildman–Crippen MR) is 107 cm³/mol. The fraction of sp³-hybridized carbons (Fsp3) is 0.300. The van der Waals surface area contributed by atoms with Crippen molar-refractivity contribution < 1.29 is 23.1 Å². The van der Waals surface area contributed by atoms with E-state index in [-0.39, 0.29) is 23.1 Å². The lowest BCUT2D eigenvalue weighted by molar-refractivity contribution is -0.139. The number of amides is 1. The fourth-order valence-corrected chi connectivity index (χ4v) is 3.75. The highest BCUT2D eigenvalue weighted by molar-refractivity contribution is 7.89. The monoisotopic (exact) mass is 404 g/mol. The van der Waals surface area contributed by atoms with E-state index in [1.165, 1.54) is 24.3 Å². The number of aryl methyl sites for hydroxylation is 1. The lowest BCUT2D eigenvalue weighted by Crippen LogP contribution is -2.41. The molecule has 0 aliphatic rings. The maximum absolute atomic E-state index is 12.5. The smallest absolute Gasteiger partial charge is 0.321 e. The Hall–Kier alpha value is -2.71. The molecule has 0 aliphatic heterocycles. The minimum absolute atomic E-state index is 0.0168. The summed E-state index contributed by atoms with van der Waals surface area (Å²) < 4.78 is 27.1. The van der Waals surface area contributed by atoms with Gasteiger partial charge in [0.1, 0.15) is 6.04 Å². The van der Waals surface area contributed by atoms with E-state index in [9.17, 15) is 23.1 Å². The van der Waals surface area contributed by atoms with Gasteiger partial charge < -0.3 is 10.4 Å². The summed E-state index contributed by atoms with van der Waals surface area (Å²) >= 11 is 0. The van der Waals surface area contributed by atoms with E-state index in [0.717, 1.165) is 5.56 Å². The second kappa shape index (κ2) is 8.99. The van der Waals surface area contributed by atoms with E-state index in [2.05, 4.69) is 10.0 Å². The largest absolute Gasteiger partial charge is 0.480 e. The quantitative estimate of drug-likeness (QED) is 0.626. The number of carboxylic acids is 1. The number of carbonyl (C=O) groups is 2. The first kappa shape index (κ1) is 21.6. The molecule has 0 radical (unpaired) electrons. The standard InChI is InChI=1S/C20H24N2O5S/c1-13(2)12-18(20(24)25)22-28(26,27)17-10-8-16(9-11-17)21-19(23)15-6-4-14(3)5-7-15/h4-11,13,18,22H,12H2,1-3H3,(H,21,23)(H,24,25)/t18-/m1/s1. The van der Waals surface area contributed by atoms with Crippen molar-refractivity contribution in [2.75, 3.05) is 5.32 Å². The average Bonchev–Trinajstić information content (AvgIpc) is 2.61. The Kier molecular flexibility index (Phi) is 6.93. The van der Waals surface area contributed by atoms with Crippen molar-refractivity contribution >= 4 is 27.6 Å². The lowest BCUT2D eigenvalue weighted by atomic mass is 10.1. The van der Waals surface area contributed by atoms with Crippen molar-refractivity contribution in [3.63, 3.8) is 0 Å². The Balaban J connectivity index is 2.10. The number of nitrogens with one attached hydrogen (secondary N) is 2. The van der Waals surface area contributed by atoms with Crippen LogP contribution in [0.15, 0.2) is 53.4 Å². The van der Waals surface area contributed by atoms with Gasteiger partial charge in [0.25, 0.3) is 5.91 Å². The van der Waals surface area contributed by atoms with Gasteiger partial charge in [-0.25, -0.2) is 8.42 Å². The summed E-state index contributed by atoms with van der Waals surface area (Å²) in [5.74, 6) is -1.51. The summed E-state index contributed by atoms with van der Waals surface area (Å²) in [6.45, 7) is 5.55. The molecule has 2 aromatic rings. The first-order valence-corrected chi connectivity index (χ1v) is 10.3. The molecule has 3 N–H and O–H groups in total. The van der Waals surface area contributed by atoms with Crippen molar-refractivity contribution in [1.29, 1.82) is 0 Å². The second-order valence-corrected chi connectivity index (χ2v) is 8.70. The van der Waals surface area contributed by atoms with E-state index >= 15 is 0 Å². The van der Waals surface area contributed by atoms with Gasteiger partial charge in [0.15, 0.2) is 0 Å². The Morgan fingerprint density at radius 2 is 1.57 bits per heavy atom. The summed E-state index contributed by atoms with van der Waals surface area (Å²) in [5.41, 5.74) is 1.96. The molecule has 2 aromatic carbocycles. The zero-order valence-corrected chi connectivity index (χ0v) is 16.8. The number of rotatable bonds is 8. The number of carbonyl (C=O) groups excluding carboxylic acids is 1. The molecule has 8 heteroatoms. The van der Waals surface area contributed by atoms with Crippen LogP contribution in [0.4, 0.5) is 5.69 Å². The maximum Gasteiger partial charge on any atom is 0.321 e. The molecule has 1 atom stereocenters. The summed E-state index contributed by atoms with van der Waals surface area (Å²) in [6, 6.07) is 11.4. The Morgan fingerprint density at radius 1 is 1.00 bits per heavy atom. The molecule has 150 valence electrons. The molecule has 7 nitrogen and oxygen atoms in total. The molecular formula is C20H24N2O5S. The van der Waals surface area contributed by atoms with Crippen molar-refractivity contribution in [2.24, 2.45) is 5.92 Å². The number of aliphatic carboxylic acids is 1. The van der Waals surface area contributed by atoms with Crippen LogP contribution < -0.4 is 10.0 Å². The van der Waals surface area contributed by atoms with E-state index in [4.69, 9.17) is 0 Å². The van der Waals surface area contributed by atoms with Crippen LogP contribution in [0.25, 0.3) is 0 Å². The van der Waals surface area contributed by atoms with Crippen LogP contribution in [0.5, 0.6) is 0 Å². The molecule has 0 saturated carbocycles. The molecular weight excluding hydrogens is 380 g/mol. The molecule has 1 amide bonds. The minimum Gasteiger partial charge on any atom is -0.480 e. The third kappa shape index (κ3) is 5.90. The number of sulfonamides is 1. The highest BCUT2D eigenvalue weighted by Gasteiger charge is 2.26. The van der Waals surface area contributed by atoms with Crippen molar-refractivity contribution in [3.05, 3.63) is 59.7 Å². The van der Waals surface area contributed by atoms with Gasteiger partial charge >= 0.3 is 5.97 Å². The summed E-state index contributed by atoms with van der Waals surface area (Å²) in [6.07, 6.45) is 0.180. The number of benzene rings is 2. The van der Waals surface area contributed by atoms with E-state index in [1.54, 1.807) is 12.1 Å². The Morgan fingerprint density at radius 3 is 2.07 bits per heavy atom. The van der Waals surface area contributed by atoms with Crippen molar-refractivity contribution in [3.8, 4) is 0 Å². The Bertz CT molecular complexity index is 936. The van der Waals surface area contributed by atoms with Crippen LogP contribution in [0.3, 0.4) is 0 Å². The highest BCUT2D eigenvalue weighted by Crippen LogP contribution is 2.17. The van der Waals surface area contributed by atoms with Gasteiger partial charge in [-0.15, -0.1) is 0 Å². The van der Waals surface area contributed by atoms with Crippen LogP contribution in [0.2, 0.25) is 0 Å². The zero-order chi connectivity index (χ0) is 20.9. The highest BCUT2D eigenvalue weighted by atomic mass is 32.2. The van der Waals surface area contributed by atoms with Gasteiger partial charge in [-0.2, -0.15) is 4.72 Å². The fourth-order valence-electron chi connectivity index (χ4n) is 2.55. The topological polar surface area (TPSA) is 113 Å². The van der Waals surface area contributed by atoms with Gasteiger partial charge in [-0.3, -0.25) is 9.59 Å². The van der Waals surface area contributed by atoms with E-state index in [1.807, 2.05) is 32.9 Å². The molecule has 0 aliphatic carbocycles. The van der Waals surface area contributed by atoms with Crippen molar-refractivity contribution in [1.82, 2.24) is 4.72 Å². The first-order valence-electron chi connectivity index (χ1n) is 8.81.